The predicted molar refractivity (Wildman–Crippen MR) is 134 cm³/mol. The standard InChI is InChI=1S/C28H31F4N3O5.Na/c1-15(2)25-23(11-8-18(36)12-19(37)13-24(38)39)35(17-6-4-16(29)5-7-17)33-27(25)28(40)34(3)14-20-21(30)9-10-22(31)26(20)32;/h4-7,9-10,15,18-19,36-37H,8,11-14H2,1-3H3,(H,38,39);/q;+1/p-1. The molecule has 41 heavy (non-hydrogen) atoms. The van der Waals surface area contributed by atoms with E-state index in [9.17, 15) is 42.5 Å². The number of carbonyl (C=O) groups excluding carboxylic acids is 2. The van der Waals surface area contributed by atoms with Crippen LogP contribution in [0, 0.1) is 23.3 Å². The van der Waals surface area contributed by atoms with Crippen LogP contribution in [-0.2, 0) is 17.8 Å². The number of aliphatic carboxylic acids is 1. The Labute approximate surface area is 256 Å². The zero-order valence-corrected chi connectivity index (χ0v) is 25.2. The SMILES string of the molecule is CC(C)c1c(C(=O)N(C)Cc2c(F)ccc(F)c2F)nn(-c2ccc(F)cc2)c1CCC(O)CC(O)CC(=O)[O-].[Na+]. The molecule has 0 aliphatic carbocycles. The van der Waals surface area contributed by atoms with Gasteiger partial charge in [0.05, 0.1) is 24.4 Å². The molecule has 0 saturated carbocycles. The summed E-state index contributed by atoms with van der Waals surface area (Å²) in [7, 11) is 1.29. The van der Waals surface area contributed by atoms with Crippen LogP contribution in [0.4, 0.5) is 17.6 Å². The van der Waals surface area contributed by atoms with Crippen molar-refractivity contribution in [3.63, 3.8) is 0 Å². The van der Waals surface area contributed by atoms with Crippen molar-refractivity contribution in [2.24, 2.45) is 0 Å². The van der Waals surface area contributed by atoms with Crippen LogP contribution in [0.3, 0.4) is 0 Å². The quantitative estimate of drug-likeness (QED) is 0.175. The molecule has 0 radical (unpaired) electrons. The van der Waals surface area contributed by atoms with Gasteiger partial charge in [-0.1, -0.05) is 13.8 Å². The molecule has 3 rings (SSSR count). The Morgan fingerprint density at radius 2 is 1.61 bits per heavy atom. The molecule has 0 saturated heterocycles. The van der Waals surface area contributed by atoms with E-state index in [0.717, 1.165) is 11.0 Å². The minimum Gasteiger partial charge on any atom is -0.550 e. The van der Waals surface area contributed by atoms with Crippen molar-refractivity contribution in [1.29, 1.82) is 0 Å². The smallest absolute Gasteiger partial charge is 0.550 e. The third-order valence-electron chi connectivity index (χ3n) is 6.41. The fourth-order valence-corrected chi connectivity index (χ4v) is 4.48. The maximum atomic E-state index is 14.3. The van der Waals surface area contributed by atoms with Crippen LogP contribution in [-0.4, -0.2) is 56.0 Å². The van der Waals surface area contributed by atoms with Gasteiger partial charge in [-0.05, 0) is 61.6 Å². The van der Waals surface area contributed by atoms with Gasteiger partial charge in [0.25, 0.3) is 5.91 Å². The van der Waals surface area contributed by atoms with E-state index in [1.165, 1.54) is 36.0 Å². The van der Waals surface area contributed by atoms with Crippen LogP contribution in [0.25, 0.3) is 5.69 Å². The van der Waals surface area contributed by atoms with Crippen molar-refractivity contribution in [3.05, 3.63) is 82.2 Å². The Hall–Kier alpha value is -2.77. The molecule has 216 valence electrons. The molecule has 2 unspecified atom stereocenters. The number of rotatable bonds is 12. The van der Waals surface area contributed by atoms with Gasteiger partial charge < -0.3 is 25.0 Å². The number of aromatic nitrogens is 2. The average Bonchev–Trinajstić information content (AvgIpc) is 3.26. The molecule has 2 atom stereocenters. The third kappa shape index (κ3) is 8.62. The van der Waals surface area contributed by atoms with E-state index in [4.69, 9.17) is 0 Å². The molecule has 1 aromatic heterocycles. The van der Waals surface area contributed by atoms with Crippen molar-refractivity contribution in [2.45, 2.75) is 64.2 Å². The van der Waals surface area contributed by atoms with Gasteiger partial charge in [0.2, 0.25) is 0 Å². The molecule has 2 aromatic carbocycles. The summed E-state index contributed by atoms with van der Waals surface area (Å²) in [4.78, 5) is 25.2. The Morgan fingerprint density at radius 3 is 2.20 bits per heavy atom. The summed E-state index contributed by atoms with van der Waals surface area (Å²) >= 11 is 0. The number of hydrogen-bond donors (Lipinski definition) is 2. The van der Waals surface area contributed by atoms with Gasteiger partial charge in [-0.2, -0.15) is 5.10 Å². The molecule has 0 fully saturated rings. The van der Waals surface area contributed by atoms with E-state index < -0.39 is 65.9 Å². The van der Waals surface area contributed by atoms with E-state index in [0.29, 0.717) is 23.0 Å². The minimum absolute atomic E-state index is 0. The first-order valence-corrected chi connectivity index (χ1v) is 12.6. The number of halogens is 4. The number of amides is 1. The summed E-state index contributed by atoms with van der Waals surface area (Å²) in [6.45, 7) is 3.00. The fourth-order valence-electron chi connectivity index (χ4n) is 4.48. The maximum absolute atomic E-state index is 14.3. The second kappa shape index (κ2) is 14.9. The molecule has 3 aromatic rings. The molecule has 1 heterocycles. The normalized spacial score (nSPS) is 12.6. The van der Waals surface area contributed by atoms with Gasteiger partial charge in [-0.25, -0.2) is 22.2 Å². The van der Waals surface area contributed by atoms with Crippen LogP contribution in [0.2, 0.25) is 0 Å². The number of carboxylic acid groups (broad SMARTS) is 1. The van der Waals surface area contributed by atoms with Gasteiger partial charge in [-0.3, -0.25) is 4.79 Å². The molecule has 0 spiro atoms. The van der Waals surface area contributed by atoms with Crippen LogP contribution in [0.1, 0.15) is 66.3 Å². The predicted octanol–water partition coefficient (Wildman–Crippen LogP) is 0.0128. The van der Waals surface area contributed by atoms with Gasteiger partial charge >= 0.3 is 29.6 Å². The summed E-state index contributed by atoms with van der Waals surface area (Å²) in [6.07, 6.45) is -3.11. The number of carbonyl (C=O) groups is 2. The zero-order valence-electron chi connectivity index (χ0n) is 23.2. The number of aliphatic hydroxyl groups excluding tert-OH is 2. The van der Waals surface area contributed by atoms with Crippen LogP contribution in [0.15, 0.2) is 36.4 Å². The Morgan fingerprint density at radius 1 is 1.00 bits per heavy atom. The number of hydrogen-bond acceptors (Lipinski definition) is 6. The van der Waals surface area contributed by atoms with Crippen molar-refractivity contribution in [3.8, 4) is 5.69 Å². The molecule has 1 amide bonds. The first kappa shape index (κ1) is 34.4. The van der Waals surface area contributed by atoms with E-state index in [2.05, 4.69) is 5.10 Å². The minimum atomic E-state index is -1.46. The number of carboxylic acids is 1. The number of nitrogens with zero attached hydrogens (tertiary/aromatic N) is 3. The maximum Gasteiger partial charge on any atom is 1.00 e. The van der Waals surface area contributed by atoms with Crippen molar-refractivity contribution >= 4 is 11.9 Å². The fraction of sp³-hybridized carbons (Fsp3) is 0.393. The second-order valence-electron chi connectivity index (χ2n) is 9.89. The largest absolute Gasteiger partial charge is 1.00 e. The molecule has 0 aliphatic heterocycles. The first-order chi connectivity index (χ1) is 18.8. The summed E-state index contributed by atoms with van der Waals surface area (Å²) in [5.41, 5.74) is 0.659. The summed E-state index contributed by atoms with van der Waals surface area (Å²) < 4.78 is 57.3. The van der Waals surface area contributed by atoms with Gasteiger partial charge in [0, 0.05) is 36.3 Å². The van der Waals surface area contributed by atoms with Gasteiger partial charge in [-0.15, -0.1) is 0 Å². The van der Waals surface area contributed by atoms with Crippen molar-refractivity contribution in [1.82, 2.24) is 14.7 Å². The molecular formula is C28H30F4N3NaO5. The first-order valence-electron chi connectivity index (χ1n) is 12.6. The summed E-state index contributed by atoms with van der Waals surface area (Å²) in [5, 5.41) is 35.5. The van der Waals surface area contributed by atoms with Crippen LogP contribution >= 0.6 is 0 Å². The number of benzene rings is 2. The average molecular weight is 588 g/mol. The molecular weight excluding hydrogens is 557 g/mol. The zero-order chi connectivity index (χ0) is 29.7. The molecule has 2 N–H and O–H groups in total. The summed E-state index contributed by atoms with van der Waals surface area (Å²) in [5.74, 6) is -6.66. The van der Waals surface area contributed by atoms with E-state index >= 15 is 0 Å². The van der Waals surface area contributed by atoms with Crippen LogP contribution < -0.4 is 34.7 Å². The van der Waals surface area contributed by atoms with Crippen LogP contribution in [0.5, 0.6) is 0 Å². The molecule has 8 nitrogen and oxygen atoms in total. The molecule has 0 bridgehead atoms. The monoisotopic (exact) mass is 587 g/mol. The van der Waals surface area contributed by atoms with E-state index in [1.54, 1.807) is 13.8 Å². The Balaban J connectivity index is 0.00000588. The summed E-state index contributed by atoms with van der Waals surface area (Å²) in [6, 6.07) is 6.68. The van der Waals surface area contributed by atoms with Gasteiger partial charge in [0.1, 0.15) is 11.6 Å². The van der Waals surface area contributed by atoms with Crippen molar-refractivity contribution in [2.75, 3.05) is 7.05 Å². The van der Waals surface area contributed by atoms with E-state index in [1.807, 2.05) is 0 Å². The molecule has 13 heteroatoms. The van der Waals surface area contributed by atoms with Crippen molar-refractivity contribution < 1.29 is 72.0 Å². The Bertz CT molecular complexity index is 1370. The Kier molecular flexibility index (Phi) is 12.5. The van der Waals surface area contributed by atoms with E-state index in [-0.39, 0.29) is 60.4 Å². The third-order valence-corrected chi connectivity index (χ3v) is 6.41. The molecule has 0 aliphatic rings. The number of aliphatic hydroxyl groups is 2. The topological polar surface area (TPSA) is 119 Å². The second-order valence-corrected chi connectivity index (χ2v) is 9.89. The van der Waals surface area contributed by atoms with Gasteiger partial charge in [0.15, 0.2) is 17.3 Å².